The number of benzene rings is 6. The highest BCUT2D eigenvalue weighted by atomic mass is 15.1. The van der Waals surface area contributed by atoms with E-state index in [1.165, 1.54) is 43.8 Å². The molecule has 0 aliphatic carbocycles. The maximum absolute atomic E-state index is 5.04. The minimum Gasteiger partial charge on any atom is -0.327 e. The molecule has 0 atom stereocenters. The molecule has 0 bridgehead atoms. The van der Waals surface area contributed by atoms with Gasteiger partial charge < -0.3 is 4.57 Å². The molecule has 170 valence electrons. The predicted molar refractivity (Wildman–Crippen MR) is 152 cm³/mol. The van der Waals surface area contributed by atoms with Gasteiger partial charge in [-0.15, -0.1) is 0 Å². The topological polar surface area (TPSA) is 17.8 Å². The zero-order chi connectivity index (χ0) is 24.1. The third-order valence-corrected chi connectivity index (χ3v) is 7.19. The zero-order valence-electron chi connectivity index (χ0n) is 20.0. The summed E-state index contributed by atoms with van der Waals surface area (Å²) in [6.07, 6.45) is 0. The first-order valence-electron chi connectivity index (χ1n) is 12.3. The minimum absolute atomic E-state index is 0.978. The van der Waals surface area contributed by atoms with Crippen LogP contribution in [0.4, 0.5) is 0 Å². The SMILES string of the molecule is Cn1c(-c2ccc(-c3ccc4ccccc4c3)cc2)nc2cc(-c3ccc4ccccc4c3)ccc21. The molecule has 0 saturated heterocycles. The van der Waals surface area contributed by atoms with Crippen LogP contribution in [-0.2, 0) is 7.05 Å². The number of aryl methyl sites for hydroxylation is 1. The lowest BCUT2D eigenvalue weighted by Crippen LogP contribution is -1.92. The van der Waals surface area contributed by atoms with Gasteiger partial charge in [0.25, 0.3) is 0 Å². The molecule has 0 N–H and O–H groups in total. The van der Waals surface area contributed by atoms with Crippen molar-refractivity contribution in [1.29, 1.82) is 0 Å². The Morgan fingerprint density at radius 2 is 0.917 bits per heavy atom. The summed E-state index contributed by atoms with van der Waals surface area (Å²) < 4.78 is 2.19. The van der Waals surface area contributed by atoms with Crippen molar-refractivity contribution in [3.05, 3.63) is 127 Å². The van der Waals surface area contributed by atoms with E-state index in [1.54, 1.807) is 0 Å². The van der Waals surface area contributed by atoms with Gasteiger partial charge in [0.1, 0.15) is 5.82 Å². The molecule has 0 radical (unpaired) electrons. The number of aromatic nitrogens is 2. The molecule has 0 aliphatic heterocycles. The van der Waals surface area contributed by atoms with E-state index >= 15 is 0 Å². The third-order valence-electron chi connectivity index (χ3n) is 7.19. The molecule has 7 rings (SSSR count). The molecule has 0 aliphatic rings. The Kier molecular flexibility index (Phi) is 4.71. The molecule has 0 unspecified atom stereocenters. The van der Waals surface area contributed by atoms with Gasteiger partial charge in [0.15, 0.2) is 0 Å². The fourth-order valence-corrected chi connectivity index (χ4v) is 5.19. The first-order valence-corrected chi connectivity index (χ1v) is 12.3. The number of rotatable bonds is 3. The van der Waals surface area contributed by atoms with Gasteiger partial charge in [0.05, 0.1) is 11.0 Å². The van der Waals surface area contributed by atoms with E-state index in [-0.39, 0.29) is 0 Å². The Morgan fingerprint density at radius 1 is 0.444 bits per heavy atom. The summed E-state index contributed by atoms with van der Waals surface area (Å²) in [5, 5.41) is 5.04. The average molecular weight is 461 g/mol. The molecule has 2 heteroatoms. The quantitative estimate of drug-likeness (QED) is 0.257. The summed E-state index contributed by atoms with van der Waals surface area (Å²) in [7, 11) is 2.09. The van der Waals surface area contributed by atoms with Crippen molar-refractivity contribution < 1.29 is 0 Å². The second kappa shape index (κ2) is 8.21. The zero-order valence-corrected chi connectivity index (χ0v) is 20.0. The fraction of sp³-hybridized carbons (Fsp3) is 0.0294. The molecule has 0 spiro atoms. The van der Waals surface area contributed by atoms with Gasteiger partial charge in [-0.05, 0) is 68.1 Å². The lowest BCUT2D eigenvalue weighted by atomic mass is 10.0. The maximum Gasteiger partial charge on any atom is 0.140 e. The molecular weight excluding hydrogens is 436 g/mol. The molecule has 36 heavy (non-hydrogen) atoms. The summed E-state index contributed by atoms with van der Waals surface area (Å²) >= 11 is 0. The molecule has 6 aromatic carbocycles. The first-order chi connectivity index (χ1) is 17.7. The Hall–Kier alpha value is -4.69. The van der Waals surface area contributed by atoms with Gasteiger partial charge in [-0.3, -0.25) is 0 Å². The predicted octanol–water partition coefficient (Wildman–Crippen LogP) is 8.88. The van der Waals surface area contributed by atoms with Crippen molar-refractivity contribution in [1.82, 2.24) is 9.55 Å². The van der Waals surface area contributed by atoms with E-state index in [0.29, 0.717) is 0 Å². The maximum atomic E-state index is 5.04. The van der Waals surface area contributed by atoms with Crippen molar-refractivity contribution in [2.75, 3.05) is 0 Å². The molecule has 1 aromatic heterocycles. The monoisotopic (exact) mass is 460 g/mol. The highest BCUT2D eigenvalue weighted by molar-refractivity contribution is 5.91. The van der Waals surface area contributed by atoms with Gasteiger partial charge in [-0.2, -0.15) is 0 Å². The van der Waals surface area contributed by atoms with Crippen molar-refractivity contribution in [3.63, 3.8) is 0 Å². The van der Waals surface area contributed by atoms with Crippen LogP contribution in [0.5, 0.6) is 0 Å². The van der Waals surface area contributed by atoms with E-state index in [1.807, 2.05) is 0 Å². The van der Waals surface area contributed by atoms with Crippen molar-refractivity contribution in [3.8, 4) is 33.6 Å². The van der Waals surface area contributed by atoms with Crippen LogP contribution < -0.4 is 0 Å². The van der Waals surface area contributed by atoms with Gasteiger partial charge >= 0.3 is 0 Å². The van der Waals surface area contributed by atoms with Gasteiger partial charge in [-0.25, -0.2) is 4.98 Å². The normalized spacial score (nSPS) is 11.5. The van der Waals surface area contributed by atoms with E-state index in [2.05, 4.69) is 139 Å². The van der Waals surface area contributed by atoms with Crippen molar-refractivity contribution in [2.24, 2.45) is 7.05 Å². The van der Waals surface area contributed by atoms with Crippen LogP contribution in [-0.4, -0.2) is 9.55 Å². The van der Waals surface area contributed by atoms with Crippen molar-refractivity contribution in [2.45, 2.75) is 0 Å². The van der Waals surface area contributed by atoms with Crippen LogP contribution in [0, 0.1) is 0 Å². The third kappa shape index (κ3) is 3.47. The minimum atomic E-state index is 0.978. The van der Waals surface area contributed by atoms with Gasteiger partial charge in [0.2, 0.25) is 0 Å². The van der Waals surface area contributed by atoms with Crippen LogP contribution in [0.15, 0.2) is 127 Å². The van der Waals surface area contributed by atoms with Crippen LogP contribution in [0.2, 0.25) is 0 Å². The number of imidazole rings is 1. The van der Waals surface area contributed by atoms with Gasteiger partial charge in [0, 0.05) is 12.6 Å². The smallest absolute Gasteiger partial charge is 0.140 e. The number of fused-ring (bicyclic) bond motifs is 3. The van der Waals surface area contributed by atoms with E-state index in [0.717, 1.165) is 22.4 Å². The number of nitrogens with zero attached hydrogens (tertiary/aromatic N) is 2. The molecule has 0 amide bonds. The van der Waals surface area contributed by atoms with Crippen molar-refractivity contribution >= 4 is 32.6 Å². The molecule has 7 aromatic rings. The number of hydrogen-bond donors (Lipinski definition) is 0. The van der Waals surface area contributed by atoms with Gasteiger partial charge in [-0.1, -0.05) is 103 Å². The van der Waals surface area contributed by atoms with Crippen LogP contribution in [0.25, 0.3) is 66.2 Å². The van der Waals surface area contributed by atoms with Crippen LogP contribution in [0.1, 0.15) is 0 Å². The highest BCUT2D eigenvalue weighted by Gasteiger charge is 2.12. The fourth-order valence-electron chi connectivity index (χ4n) is 5.19. The molecular formula is C34H24N2. The lowest BCUT2D eigenvalue weighted by molar-refractivity contribution is 0.959. The molecule has 0 saturated carbocycles. The second-order valence-corrected chi connectivity index (χ2v) is 9.40. The van der Waals surface area contributed by atoms with E-state index < -0.39 is 0 Å². The first kappa shape index (κ1) is 20.7. The number of hydrogen-bond acceptors (Lipinski definition) is 1. The lowest BCUT2D eigenvalue weighted by Gasteiger charge is -2.07. The van der Waals surface area contributed by atoms with Crippen LogP contribution in [0.3, 0.4) is 0 Å². The largest absolute Gasteiger partial charge is 0.327 e. The Morgan fingerprint density at radius 3 is 1.56 bits per heavy atom. The van der Waals surface area contributed by atoms with E-state index in [9.17, 15) is 0 Å². The highest BCUT2D eigenvalue weighted by Crippen LogP contribution is 2.31. The second-order valence-electron chi connectivity index (χ2n) is 9.40. The Bertz CT molecular complexity index is 1890. The summed E-state index contributed by atoms with van der Waals surface area (Å²) in [5.41, 5.74) is 8.09. The summed E-state index contributed by atoms with van der Waals surface area (Å²) in [4.78, 5) is 5.04. The standard InChI is InChI=1S/C34H24N2/c1-36-33-19-18-31(30-17-13-24-7-3-5-9-28(24)21-30)22-32(33)35-34(36)26-14-10-25(11-15-26)29-16-12-23-6-2-4-8-27(23)20-29/h2-22H,1H3. The molecule has 0 fully saturated rings. The Labute approximate surface area is 210 Å². The Balaban J connectivity index is 1.24. The summed E-state index contributed by atoms with van der Waals surface area (Å²) in [5.74, 6) is 0.978. The summed E-state index contributed by atoms with van der Waals surface area (Å²) in [6, 6.07) is 45.6. The van der Waals surface area contributed by atoms with E-state index in [4.69, 9.17) is 4.98 Å². The van der Waals surface area contributed by atoms with Crippen LogP contribution >= 0.6 is 0 Å². The summed E-state index contributed by atoms with van der Waals surface area (Å²) in [6.45, 7) is 0. The molecule has 2 nitrogen and oxygen atoms in total. The molecule has 1 heterocycles. The average Bonchev–Trinajstić information content (AvgIpc) is 3.28.